The highest BCUT2D eigenvalue weighted by molar-refractivity contribution is 5.77. The zero-order valence-corrected chi connectivity index (χ0v) is 14.1. The van der Waals surface area contributed by atoms with Crippen LogP contribution < -0.4 is 9.64 Å². The monoisotopic (exact) mass is 348 g/mol. The molecule has 2 aliphatic rings. The molecule has 0 amide bonds. The summed E-state index contributed by atoms with van der Waals surface area (Å²) >= 11 is 0. The zero-order valence-electron chi connectivity index (χ0n) is 14.1. The highest BCUT2D eigenvalue weighted by Gasteiger charge is 2.35. The van der Waals surface area contributed by atoms with Gasteiger partial charge in [0.25, 0.3) is 0 Å². The third-order valence-corrected chi connectivity index (χ3v) is 4.99. The number of para-hydroxylation sites is 1. The molecule has 3 nitrogen and oxygen atoms in total. The average molecular weight is 348 g/mol. The normalized spacial score (nSPS) is 19.1. The molecule has 0 bridgehead atoms. The van der Waals surface area contributed by atoms with Crippen LogP contribution in [-0.4, -0.2) is 25.5 Å². The van der Waals surface area contributed by atoms with E-state index in [1.54, 1.807) is 0 Å². The Hall–Kier alpha value is -2.21. The summed E-state index contributed by atoms with van der Waals surface area (Å²) in [6, 6.07) is 10.0. The lowest BCUT2D eigenvalue weighted by molar-refractivity contribution is -0.137. The number of alkyl halides is 3. The van der Waals surface area contributed by atoms with Crippen molar-refractivity contribution in [3.05, 3.63) is 53.1 Å². The van der Waals surface area contributed by atoms with Crippen LogP contribution in [0.15, 0.2) is 36.4 Å². The molecule has 2 aromatic rings. The van der Waals surface area contributed by atoms with E-state index in [4.69, 9.17) is 4.74 Å². The summed E-state index contributed by atoms with van der Waals surface area (Å²) in [5, 5.41) is 0. The van der Waals surface area contributed by atoms with E-state index in [1.165, 1.54) is 12.1 Å². The van der Waals surface area contributed by atoms with Crippen LogP contribution in [0.3, 0.4) is 0 Å². The van der Waals surface area contributed by atoms with E-state index in [1.807, 2.05) is 31.1 Å². The van der Waals surface area contributed by atoms with Crippen molar-refractivity contribution in [1.29, 1.82) is 0 Å². The van der Waals surface area contributed by atoms with Crippen molar-refractivity contribution >= 4 is 11.4 Å². The summed E-state index contributed by atoms with van der Waals surface area (Å²) in [5.74, 6) is 0.499. The van der Waals surface area contributed by atoms with Gasteiger partial charge in [0.15, 0.2) is 0 Å². The third-order valence-electron chi connectivity index (χ3n) is 4.99. The molecule has 132 valence electrons. The van der Waals surface area contributed by atoms with Crippen LogP contribution in [0, 0.1) is 0 Å². The second-order valence-corrected chi connectivity index (χ2v) is 6.74. The van der Waals surface area contributed by atoms with Crippen LogP contribution in [0.5, 0.6) is 5.75 Å². The molecule has 0 aliphatic carbocycles. The first-order valence-electron chi connectivity index (χ1n) is 8.26. The molecule has 0 aromatic heterocycles. The number of hydrogen-bond acceptors (Lipinski definition) is 3. The van der Waals surface area contributed by atoms with Crippen LogP contribution in [0.2, 0.25) is 0 Å². The Morgan fingerprint density at radius 2 is 1.96 bits per heavy atom. The number of benzene rings is 2. The minimum atomic E-state index is -4.37. The maximum Gasteiger partial charge on any atom is 0.416 e. The first-order chi connectivity index (χ1) is 11.9. The summed E-state index contributed by atoms with van der Waals surface area (Å²) < 4.78 is 45.4. The summed E-state index contributed by atoms with van der Waals surface area (Å²) in [5.41, 5.74) is 2.99. The van der Waals surface area contributed by atoms with Gasteiger partial charge in [0.05, 0.1) is 16.9 Å². The lowest BCUT2D eigenvalue weighted by atomic mass is 9.92. The molecule has 0 spiro atoms. The molecule has 0 radical (unpaired) electrons. The van der Waals surface area contributed by atoms with Crippen LogP contribution in [0.25, 0.3) is 0 Å². The molecule has 2 heterocycles. The van der Waals surface area contributed by atoms with Gasteiger partial charge < -0.3 is 14.5 Å². The van der Waals surface area contributed by atoms with Crippen LogP contribution in [0.1, 0.15) is 29.2 Å². The Balaban J connectivity index is 1.90. The van der Waals surface area contributed by atoms with Crippen molar-refractivity contribution in [2.24, 2.45) is 0 Å². The quantitative estimate of drug-likeness (QED) is 0.740. The summed E-state index contributed by atoms with van der Waals surface area (Å²) in [6.07, 6.45) is -3.52. The third kappa shape index (κ3) is 2.65. The largest absolute Gasteiger partial charge is 0.487 e. The number of nitrogens with zero attached hydrogens (tertiary/aromatic N) is 2. The van der Waals surface area contributed by atoms with Gasteiger partial charge in [0.1, 0.15) is 12.4 Å². The van der Waals surface area contributed by atoms with Gasteiger partial charge in [-0.1, -0.05) is 18.2 Å². The Bertz CT molecular complexity index is 817. The maximum absolute atomic E-state index is 13.2. The van der Waals surface area contributed by atoms with E-state index in [0.29, 0.717) is 24.6 Å². The molecule has 1 atom stereocenters. The first kappa shape index (κ1) is 16.3. The maximum atomic E-state index is 13.2. The lowest BCUT2D eigenvalue weighted by Gasteiger charge is -2.39. The van der Waals surface area contributed by atoms with E-state index in [-0.39, 0.29) is 6.04 Å². The lowest BCUT2D eigenvalue weighted by Crippen LogP contribution is -2.33. The molecule has 0 N–H and O–H groups in total. The van der Waals surface area contributed by atoms with E-state index >= 15 is 0 Å². The Morgan fingerprint density at radius 1 is 1.16 bits per heavy atom. The van der Waals surface area contributed by atoms with Crippen molar-refractivity contribution in [2.45, 2.75) is 25.2 Å². The number of halogens is 3. The highest BCUT2D eigenvalue weighted by Crippen LogP contribution is 2.48. The smallest absolute Gasteiger partial charge is 0.416 e. The molecule has 1 unspecified atom stereocenters. The Kier molecular flexibility index (Phi) is 3.68. The number of anilines is 2. The highest BCUT2D eigenvalue weighted by atomic mass is 19.4. The van der Waals surface area contributed by atoms with Gasteiger partial charge >= 0.3 is 6.18 Å². The SMILES string of the molecule is CN(C)C1CCN2c3cc(C(F)(F)F)ccc3OCc3cccc1c32. The molecule has 0 saturated carbocycles. The van der Waals surface area contributed by atoms with Crippen LogP contribution in [0.4, 0.5) is 24.5 Å². The van der Waals surface area contributed by atoms with E-state index < -0.39 is 11.7 Å². The average Bonchev–Trinajstić information content (AvgIpc) is 2.73. The molecule has 6 heteroatoms. The van der Waals surface area contributed by atoms with Crippen molar-refractivity contribution in [3.8, 4) is 5.75 Å². The van der Waals surface area contributed by atoms with Crippen molar-refractivity contribution in [1.82, 2.24) is 4.90 Å². The zero-order chi connectivity index (χ0) is 17.8. The molecule has 0 saturated heterocycles. The van der Waals surface area contributed by atoms with Crippen molar-refractivity contribution in [3.63, 3.8) is 0 Å². The number of fused-ring (bicyclic) bond motifs is 2. The standard InChI is InChI=1S/C19H19F3N2O/c1-23(2)15-8-9-24-16-10-13(19(20,21)22)6-7-17(16)25-11-12-4-3-5-14(15)18(12)24/h3-7,10,15H,8-9,11H2,1-2H3. The second-order valence-electron chi connectivity index (χ2n) is 6.74. The fraction of sp³-hybridized carbons (Fsp3) is 0.368. The molecular formula is C19H19F3N2O. The molecule has 25 heavy (non-hydrogen) atoms. The molecule has 2 aliphatic heterocycles. The van der Waals surface area contributed by atoms with E-state index in [0.717, 1.165) is 29.3 Å². The predicted molar refractivity (Wildman–Crippen MR) is 90.3 cm³/mol. The molecule has 2 aromatic carbocycles. The van der Waals surface area contributed by atoms with Gasteiger partial charge in [0.2, 0.25) is 0 Å². The molecule has 0 fully saturated rings. The predicted octanol–water partition coefficient (Wildman–Crippen LogP) is 4.74. The molecule has 4 rings (SSSR count). The summed E-state index contributed by atoms with van der Waals surface area (Å²) in [4.78, 5) is 4.15. The van der Waals surface area contributed by atoms with Gasteiger partial charge in [-0.3, -0.25) is 0 Å². The van der Waals surface area contributed by atoms with Crippen LogP contribution >= 0.6 is 0 Å². The minimum Gasteiger partial charge on any atom is -0.487 e. The Morgan fingerprint density at radius 3 is 2.68 bits per heavy atom. The number of ether oxygens (including phenoxy) is 1. The number of rotatable bonds is 1. The van der Waals surface area contributed by atoms with Crippen LogP contribution in [-0.2, 0) is 12.8 Å². The van der Waals surface area contributed by atoms with Gasteiger partial charge in [-0.05, 0) is 44.3 Å². The van der Waals surface area contributed by atoms with E-state index in [9.17, 15) is 13.2 Å². The Labute approximate surface area is 144 Å². The molecular weight excluding hydrogens is 329 g/mol. The van der Waals surface area contributed by atoms with Gasteiger partial charge in [-0.2, -0.15) is 13.2 Å². The minimum absolute atomic E-state index is 0.249. The van der Waals surface area contributed by atoms with Gasteiger partial charge in [-0.25, -0.2) is 0 Å². The number of hydrogen-bond donors (Lipinski definition) is 0. The van der Waals surface area contributed by atoms with Crippen molar-refractivity contribution in [2.75, 3.05) is 25.5 Å². The second kappa shape index (κ2) is 5.66. The van der Waals surface area contributed by atoms with E-state index in [2.05, 4.69) is 11.0 Å². The summed E-state index contributed by atoms with van der Waals surface area (Å²) in [7, 11) is 4.06. The first-order valence-corrected chi connectivity index (χ1v) is 8.26. The fourth-order valence-electron chi connectivity index (χ4n) is 3.80. The fourth-order valence-corrected chi connectivity index (χ4v) is 3.80. The van der Waals surface area contributed by atoms with Gasteiger partial charge in [-0.15, -0.1) is 0 Å². The van der Waals surface area contributed by atoms with Gasteiger partial charge in [0, 0.05) is 18.2 Å². The van der Waals surface area contributed by atoms with Crippen molar-refractivity contribution < 1.29 is 17.9 Å². The summed E-state index contributed by atoms with van der Waals surface area (Å²) in [6.45, 7) is 1.02. The topological polar surface area (TPSA) is 15.7 Å².